The Kier molecular flexibility index (Phi) is 25.4. The maximum atomic E-state index is 11.3. The molecule has 0 aliphatic heterocycles. The molecule has 10 N–H and O–H groups in total. The van der Waals surface area contributed by atoms with Crippen LogP contribution in [0.15, 0.2) is 260 Å². The molecule has 0 saturated heterocycles. The van der Waals surface area contributed by atoms with Gasteiger partial charge in [0.15, 0.2) is 0 Å². The van der Waals surface area contributed by atoms with Crippen molar-refractivity contribution in [2.45, 2.75) is 59.8 Å². The van der Waals surface area contributed by atoms with E-state index < -0.39 is 29.8 Å². The molecule has 0 fully saturated rings. The van der Waals surface area contributed by atoms with Gasteiger partial charge in [-0.3, -0.25) is 9.97 Å². The molecule has 0 saturated carbocycles. The molecule has 0 radical (unpaired) electrons. The summed E-state index contributed by atoms with van der Waals surface area (Å²) in [5, 5.41) is 57.5. The minimum absolute atomic E-state index is 0.269. The van der Waals surface area contributed by atoms with Crippen LogP contribution in [0, 0.1) is 27.7 Å². The molecule has 11 aromatic carbocycles. The molecule has 598 valence electrons. The maximum Gasteiger partial charge on any atom is 0.335 e. The Morgan fingerprint density at radius 3 is 1.29 bits per heavy atom. The van der Waals surface area contributed by atoms with E-state index in [2.05, 4.69) is 124 Å². The van der Waals surface area contributed by atoms with Crippen molar-refractivity contribution in [3.8, 4) is 0 Å². The van der Waals surface area contributed by atoms with E-state index in [1.807, 2.05) is 119 Å². The summed E-state index contributed by atoms with van der Waals surface area (Å²) in [5.41, 5.74) is 23.0. The van der Waals surface area contributed by atoms with Crippen molar-refractivity contribution in [2.24, 2.45) is 0 Å². The monoisotopic (exact) mass is 1730 g/mol. The topological polar surface area (TPSA) is 291 Å². The number of H-pyrrole nitrogens is 5. The fourth-order valence-corrected chi connectivity index (χ4v) is 16.4. The number of hydrogen-bond donors (Lipinski definition) is 10. The van der Waals surface area contributed by atoms with Gasteiger partial charge in [-0.2, -0.15) is 0 Å². The zero-order valence-electron chi connectivity index (χ0n) is 65.0. The lowest BCUT2D eigenvalue weighted by atomic mass is 9.98. The van der Waals surface area contributed by atoms with Crippen LogP contribution < -0.4 is 0 Å². The van der Waals surface area contributed by atoms with E-state index in [-0.39, 0.29) is 16.7 Å². The molecule has 7 aromatic heterocycles. The number of fused-ring (bicyclic) bond motifs is 7. The number of aryl methyl sites for hydroxylation is 4. The Hall–Kier alpha value is -13.3. The molecule has 0 amide bonds. The van der Waals surface area contributed by atoms with E-state index in [4.69, 9.17) is 56.6 Å². The fourth-order valence-electron chi connectivity index (χ4n) is 14.8. The number of pyridine rings is 2. The zero-order chi connectivity index (χ0) is 84.6. The number of nitrogens with one attached hydrogen (secondary N) is 5. The molecule has 0 bridgehead atoms. The zero-order valence-corrected chi connectivity index (χ0v) is 69.6. The van der Waals surface area contributed by atoms with Crippen LogP contribution in [0.25, 0.3) is 88.2 Å². The van der Waals surface area contributed by atoms with Crippen molar-refractivity contribution in [1.82, 2.24) is 34.9 Å². The highest BCUT2D eigenvalue weighted by Crippen LogP contribution is 2.37. The van der Waals surface area contributed by atoms with Crippen LogP contribution in [0.3, 0.4) is 0 Å². The predicted octanol–water partition coefficient (Wildman–Crippen LogP) is 25.2. The van der Waals surface area contributed by atoms with E-state index in [0.717, 1.165) is 156 Å². The van der Waals surface area contributed by atoms with Gasteiger partial charge in [-0.1, -0.05) is 180 Å². The highest BCUT2D eigenvalue weighted by Gasteiger charge is 2.21. The Balaban J connectivity index is 0.000000123. The first kappa shape index (κ1) is 83.2. The molecule has 120 heavy (non-hydrogen) atoms. The van der Waals surface area contributed by atoms with Crippen molar-refractivity contribution in [2.75, 3.05) is 0 Å². The largest absolute Gasteiger partial charge is 0.478 e. The molecule has 18 rings (SSSR count). The summed E-state index contributed by atoms with van der Waals surface area (Å²) in [6.07, 6.45) is 14.5. The average molecular weight is 1730 g/mol. The highest BCUT2D eigenvalue weighted by molar-refractivity contribution is 9.10. The molecular formula is C98H76BrCl4N7O10. The molecule has 0 aliphatic carbocycles. The van der Waals surface area contributed by atoms with E-state index in [9.17, 15) is 39.3 Å². The van der Waals surface area contributed by atoms with Gasteiger partial charge in [0.05, 0.1) is 43.6 Å². The highest BCUT2D eigenvalue weighted by atomic mass is 79.9. The second-order valence-corrected chi connectivity index (χ2v) is 31.4. The number of carboxylic acid groups (broad SMARTS) is 5. The third kappa shape index (κ3) is 18.9. The van der Waals surface area contributed by atoms with Crippen molar-refractivity contribution in [1.29, 1.82) is 0 Å². The number of aromatic carboxylic acids is 5. The molecule has 0 spiro atoms. The number of aromatic nitrogens is 7. The van der Waals surface area contributed by atoms with Crippen LogP contribution in [-0.2, 0) is 32.1 Å². The maximum absolute atomic E-state index is 11.3. The number of carboxylic acids is 5. The third-order valence-electron chi connectivity index (χ3n) is 21.2. The molecule has 0 atom stereocenters. The number of hydrogen-bond acceptors (Lipinski definition) is 7. The molecule has 18 aromatic rings. The first-order chi connectivity index (χ1) is 57.8. The van der Waals surface area contributed by atoms with Gasteiger partial charge in [0.2, 0.25) is 0 Å². The van der Waals surface area contributed by atoms with Crippen LogP contribution >= 0.6 is 62.3 Å². The summed E-state index contributed by atoms with van der Waals surface area (Å²) in [6.45, 7) is 8.02. The molecule has 0 aliphatic rings. The lowest BCUT2D eigenvalue weighted by Crippen LogP contribution is -1.97. The predicted molar refractivity (Wildman–Crippen MR) is 485 cm³/mol. The lowest BCUT2D eigenvalue weighted by Gasteiger charge is -2.09. The minimum Gasteiger partial charge on any atom is -0.478 e. The normalized spacial score (nSPS) is 11.2. The van der Waals surface area contributed by atoms with Crippen molar-refractivity contribution < 1.29 is 49.5 Å². The molecule has 7 heterocycles. The quantitative estimate of drug-likeness (QED) is 0.0381. The Morgan fingerprint density at radius 1 is 0.367 bits per heavy atom. The molecule has 17 nitrogen and oxygen atoms in total. The third-order valence-corrected chi connectivity index (χ3v) is 23.5. The van der Waals surface area contributed by atoms with E-state index in [1.54, 1.807) is 103 Å². The number of halogens is 5. The number of carbonyl (C=O) groups is 5. The van der Waals surface area contributed by atoms with Gasteiger partial charge in [-0.25, -0.2) is 24.0 Å². The van der Waals surface area contributed by atoms with Gasteiger partial charge >= 0.3 is 29.8 Å². The fraction of sp³-hybridized carbons (Fsp3) is 0.0918. The molecule has 0 unspecified atom stereocenters. The first-order valence-corrected chi connectivity index (χ1v) is 40.3. The van der Waals surface area contributed by atoms with Crippen molar-refractivity contribution in [3.63, 3.8) is 0 Å². The van der Waals surface area contributed by atoms with Crippen LogP contribution in [0.5, 0.6) is 0 Å². The number of rotatable bonds is 17. The Bertz CT molecular complexity index is 6840. The summed E-state index contributed by atoms with van der Waals surface area (Å²) < 4.78 is 1.09. The number of benzene rings is 11. The van der Waals surface area contributed by atoms with E-state index in [1.165, 1.54) is 27.5 Å². The van der Waals surface area contributed by atoms with E-state index >= 15 is 0 Å². The molecular weight excluding hydrogens is 1660 g/mol. The van der Waals surface area contributed by atoms with Gasteiger partial charge in [-0.15, -0.1) is 0 Å². The van der Waals surface area contributed by atoms with Crippen molar-refractivity contribution in [3.05, 3.63) is 397 Å². The van der Waals surface area contributed by atoms with Crippen LogP contribution in [0.4, 0.5) is 0 Å². The first-order valence-electron chi connectivity index (χ1n) is 38.0. The van der Waals surface area contributed by atoms with Crippen LogP contribution in [0.1, 0.15) is 141 Å². The van der Waals surface area contributed by atoms with Gasteiger partial charge in [0, 0.05) is 153 Å². The van der Waals surface area contributed by atoms with E-state index in [0.29, 0.717) is 50.5 Å². The lowest BCUT2D eigenvalue weighted by molar-refractivity contribution is 0.0686. The van der Waals surface area contributed by atoms with Crippen molar-refractivity contribution >= 4 is 180 Å². The van der Waals surface area contributed by atoms with Gasteiger partial charge in [-0.05, 0) is 231 Å². The summed E-state index contributed by atoms with van der Waals surface area (Å²) in [5.74, 6) is -4.61. The number of aromatic amines is 5. The average Bonchev–Trinajstić information content (AvgIpc) is 1.61. The second kappa shape index (κ2) is 36.7. The van der Waals surface area contributed by atoms with Crippen LogP contribution in [-0.4, -0.2) is 90.3 Å². The number of nitrogens with zero attached hydrogens (tertiary/aromatic N) is 2. The Labute approximate surface area is 716 Å². The smallest absolute Gasteiger partial charge is 0.335 e. The standard InChI is InChI=1S/C25H21NO2.C21H16BrNO2.C20H15ClN2O2.C16H11Cl2NO2.C16H13ClN2O2/c1-17-22(23-16-21(25(27)28)13-14-24(23)26-17)15-20-11-9-19(10-12-20)8-7-18-5-3-2-4-6-18;1-12-17(18-11-15(21(24)25)8-9-19(18)23-12)10-14-7-6-13-4-2-3-5-16(13)20(14)22;1-11-15(16-8-12(20(24)25)6-7-17(16)23-11)9-18-19(21)14-5-3-2-4-13(14)10-22-18;17-12-3-1-9(14(18)7-12)5-11-8-19-15-4-2-10(16(20)21)6-13(11)15;1-9-12(6-10-4-5-18-8-14(10)17)13-7-11(16(20)21)2-3-15(13)19-9/h2-14,16,26H,15H2,1H3,(H,27,28);2-9,11,23H,10H2,1H3,(H,24,25);2-8,10,23H,9H2,1H3,(H,24,25);1-4,6-8,19H,5H2,(H,20,21);2-5,7-8,19H,6H2,1H3,(H,20,21)/b8-7+;;;;. The summed E-state index contributed by atoms with van der Waals surface area (Å²) in [6, 6.07) is 72.0. The van der Waals surface area contributed by atoms with Gasteiger partial charge in [0.1, 0.15) is 0 Å². The minimum atomic E-state index is -0.937. The Morgan fingerprint density at radius 2 is 0.792 bits per heavy atom. The summed E-state index contributed by atoms with van der Waals surface area (Å²) in [4.78, 5) is 81.1. The SMILES string of the molecule is Cc1[nH]c2ccc(C(=O)O)cc2c1Cc1ccc(/C=C/c2ccccc2)cc1.Cc1[nH]c2ccc(C(=O)O)cc2c1Cc1ccc2ccccc2c1Br.Cc1[nH]c2ccc(C(=O)O)cc2c1Cc1ccncc1Cl.Cc1[nH]c2ccc(C(=O)O)cc2c1Cc1ncc2ccccc2c1Cl.O=C(O)c1ccc2[nH]cc(Cc3ccc(Cl)cc3Cl)c2c1. The summed E-state index contributed by atoms with van der Waals surface area (Å²) >= 11 is 28.6. The van der Waals surface area contributed by atoms with Gasteiger partial charge < -0.3 is 50.5 Å². The molecule has 22 heteroatoms. The van der Waals surface area contributed by atoms with Gasteiger partial charge in [0.25, 0.3) is 0 Å². The second-order valence-electron chi connectivity index (χ2n) is 29.0. The summed E-state index contributed by atoms with van der Waals surface area (Å²) in [7, 11) is 0. The van der Waals surface area contributed by atoms with Crippen LogP contribution in [0.2, 0.25) is 20.1 Å².